The van der Waals surface area contributed by atoms with Crippen molar-refractivity contribution in [1.29, 1.82) is 5.26 Å². The third-order valence-corrected chi connectivity index (χ3v) is 2.35. The molecule has 0 radical (unpaired) electrons. The fourth-order valence-electron chi connectivity index (χ4n) is 1.40. The van der Waals surface area contributed by atoms with Gasteiger partial charge in [0, 0.05) is 7.05 Å². The summed E-state index contributed by atoms with van der Waals surface area (Å²) in [5.41, 5.74) is -0.990. The van der Waals surface area contributed by atoms with E-state index in [0.717, 1.165) is 11.5 Å². The van der Waals surface area contributed by atoms with Gasteiger partial charge in [-0.2, -0.15) is 5.26 Å². The van der Waals surface area contributed by atoms with Crippen LogP contribution in [0.3, 0.4) is 0 Å². The van der Waals surface area contributed by atoms with E-state index in [1.54, 1.807) is 20.9 Å². The zero-order valence-corrected chi connectivity index (χ0v) is 10.1. The molecule has 1 amide bonds. The van der Waals surface area contributed by atoms with Crippen LogP contribution in [0.4, 0.5) is 0 Å². The molecular weight excluding hydrogens is 204 g/mol. The van der Waals surface area contributed by atoms with Crippen molar-refractivity contribution >= 4 is 5.91 Å². The Morgan fingerprint density at radius 3 is 2.62 bits per heavy atom. The number of amides is 1. The SMILES string of the molecule is Cc1ccc(CN(C)C(=O)C(C)(C)C#N)o1. The van der Waals surface area contributed by atoms with Crippen LogP contribution < -0.4 is 0 Å². The highest BCUT2D eigenvalue weighted by Gasteiger charge is 2.30. The number of hydrogen-bond acceptors (Lipinski definition) is 3. The van der Waals surface area contributed by atoms with Crippen LogP contribution in [0.1, 0.15) is 25.4 Å². The second-order valence-corrected chi connectivity index (χ2v) is 4.41. The summed E-state index contributed by atoms with van der Waals surface area (Å²) < 4.78 is 5.37. The fourth-order valence-corrected chi connectivity index (χ4v) is 1.40. The number of nitriles is 1. The van der Waals surface area contributed by atoms with Crippen molar-refractivity contribution in [3.63, 3.8) is 0 Å². The van der Waals surface area contributed by atoms with E-state index in [1.807, 2.05) is 25.1 Å². The number of aryl methyl sites for hydroxylation is 1. The Kier molecular flexibility index (Phi) is 3.38. The molecule has 0 saturated carbocycles. The van der Waals surface area contributed by atoms with Crippen molar-refractivity contribution in [1.82, 2.24) is 4.90 Å². The molecular formula is C12H16N2O2. The van der Waals surface area contributed by atoms with Crippen LogP contribution in [0.5, 0.6) is 0 Å². The number of carbonyl (C=O) groups excluding carboxylic acids is 1. The lowest BCUT2D eigenvalue weighted by Gasteiger charge is -2.22. The first-order valence-corrected chi connectivity index (χ1v) is 5.09. The highest BCUT2D eigenvalue weighted by atomic mass is 16.3. The second kappa shape index (κ2) is 4.40. The summed E-state index contributed by atoms with van der Waals surface area (Å²) in [4.78, 5) is 13.4. The fraction of sp³-hybridized carbons (Fsp3) is 0.500. The Morgan fingerprint density at radius 1 is 1.56 bits per heavy atom. The normalized spacial score (nSPS) is 10.9. The molecule has 0 bridgehead atoms. The molecule has 0 aliphatic heterocycles. The molecule has 1 aromatic heterocycles. The monoisotopic (exact) mass is 220 g/mol. The summed E-state index contributed by atoms with van der Waals surface area (Å²) in [7, 11) is 1.67. The van der Waals surface area contributed by atoms with Gasteiger partial charge >= 0.3 is 0 Å². The van der Waals surface area contributed by atoms with Crippen LogP contribution in [-0.4, -0.2) is 17.9 Å². The van der Waals surface area contributed by atoms with E-state index >= 15 is 0 Å². The lowest BCUT2D eigenvalue weighted by atomic mass is 9.94. The lowest BCUT2D eigenvalue weighted by Crippen LogP contribution is -2.37. The third-order valence-electron chi connectivity index (χ3n) is 2.35. The van der Waals surface area contributed by atoms with Crippen molar-refractivity contribution in [2.75, 3.05) is 7.05 Å². The maximum atomic E-state index is 11.9. The van der Waals surface area contributed by atoms with Gasteiger partial charge in [-0.1, -0.05) is 0 Å². The Bertz CT molecular complexity index is 426. The Labute approximate surface area is 95.5 Å². The summed E-state index contributed by atoms with van der Waals surface area (Å²) in [5, 5.41) is 8.86. The van der Waals surface area contributed by atoms with E-state index < -0.39 is 5.41 Å². The maximum Gasteiger partial charge on any atom is 0.242 e. The molecule has 0 N–H and O–H groups in total. The molecule has 0 aliphatic rings. The van der Waals surface area contributed by atoms with Crippen LogP contribution in [0.15, 0.2) is 16.5 Å². The molecule has 0 spiro atoms. The minimum atomic E-state index is -0.990. The smallest absolute Gasteiger partial charge is 0.242 e. The molecule has 0 aromatic carbocycles. The van der Waals surface area contributed by atoms with E-state index in [4.69, 9.17) is 9.68 Å². The predicted octanol–water partition coefficient (Wildman–Crippen LogP) is 2.10. The maximum absolute atomic E-state index is 11.9. The van der Waals surface area contributed by atoms with Crippen molar-refractivity contribution in [2.24, 2.45) is 5.41 Å². The molecule has 0 aliphatic carbocycles. The number of furan rings is 1. The summed E-state index contributed by atoms with van der Waals surface area (Å²) in [6, 6.07) is 5.67. The van der Waals surface area contributed by atoms with Crippen LogP contribution in [0.25, 0.3) is 0 Å². The van der Waals surface area contributed by atoms with Crippen molar-refractivity contribution < 1.29 is 9.21 Å². The van der Waals surface area contributed by atoms with E-state index in [1.165, 1.54) is 4.90 Å². The molecule has 0 unspecified atom stereocenters. The number of rotatable bonds is 3. The summed E-state index contributed by atoms with van der Waals surface area (Å²) in [6.45, 7) is 5.46. The summed E-state index contributed by atoms with van der Waals surface area (Å²) in [6.07, 6.45) is 0. The molecule has 16 heavy (non-hydrogen) atoms. The Morgan fingerprint density at radius 2 is 2.19 bits per heavy atom. The zero-order valence-electron chi connectivity index (χ0n) is 10.1. The average molecular weight is 220 g/mol. The van der Waals surface area contributed by atoms with E-state index in [0.29, 0.717) is 6.54 Å². The molecule has 86 valence electrons. The first kappa shape index (κ1) is 12.3. The van der Waals surface area contributed by atoms with Gasteiger partial charge in [0.1, 0.15) is 16.9 Å². The van der Waals surface area contributed by atoms with Crippen LogP contribution in [-0.2, 0) is 11.3 Å². The van der Waals surface area contributed by atoms with Gasteiger partial charge in [-0.25, -0.2) is 0 Å². The van der Waals surface area contributed by atoms with Crippen LogP contribution >= 0.6 is 0 Å². The highest BCUT2D eigenvalue weighted by Crippen LogP contribution is 2.18. The van der Waals surface area contributed by atoms with Gasteiger partial charge in [0.15, 0.2) is 0 Å². The Balaban J connectivity index is 2.70. The molecule has 0 atom stereocenters. The minimum absolute atomic E-state index is 0.205. The predicted molar refractivity (Wildman–Crippen MR) is 59.3 cm³/mol. The topological polar surface area (TPSA) is 57.2 Å². The molecule has 0 saturated heterocycles. The number of nitrogens with zero attached hydrogens (tertiary/aromatic N) is 2. The second-order valence-electron chi connectivity index (χ2n) is 4.41. The quantitative estimate of drug-likeness (QED) is 0.783. The molecule has 4 nitrogen and oxygen atoms in total. The first-order chi connectivity index (χ1) is 7.36. The number of carbonyl (C=O) groups is 1. The summed E-state index contributed by atoms with van der Waals surface area (Å²) >= 11 is 0. The van der Waals surface area contributed by atoms with E-state index in [2.05, 4.69) is 0 Å². The number of hydrogen-bond donors (Lipinski definition) is 0. The van der Waals surface area contributed by atoms with Gasteiger partial charge in [0.05, 0.1) is 12.6 Å². The highest BCUT2D eigenvalue weighted by molar-refractivity contribution is 5.84. The van der Waals surface area contributed by atoms with Gasteiger partial charge < -0.3 is 9.32 Å². The molecule has 1 heterocycles. The minimum Gasteiger partial charge on any atom is -0.464 e. The van der Waals surface area contributed by atoms with Gasteiger partial charge in [0.25, 0.3) is 0 Å². The first-order valence-electron chi connectivity index (χ1n) is 5.09. The van der Waals surface area contributed by atoms with Crippen molar-refractivity contribution in [2.45, 2.75) is 27.3 Å². The van der Waals surface area contributed by atoms with Gasteiger partial charge in [-0.05, 0) is 32.9 Å². The van der Waals surface area contributed by atoms with Crippen molar-refractivity contribution in [3.8, 4) is 6.07 Å². The molecule has 0 fully saturated rings. The summed E-state index contributed by atoms with van der Waals surface area (Å²) in [5.74, 6) is 1.33. The molecule has 4 heteroatoms. The largest absolute Gasteiger partial charge is 0.464 e. The van der Waals surface area contributed by atoms with Crippen LogP contribution in [0.2, 0.25) is 0 Å². The van der Waals surface area contributed by atoms with Crippen molar-refractivity contribution in [3.05, 3.63) is 23.7 Å². The molecule has 1 rings (SSSR count). The third kappa shape index (κ3) is 2.63. The van der Waals surface area contributed by atoms with E-state index in [-0.39, 0.29) is 5.91 Å². The van der Waals surface area contributed by atoms with Gasteiger partial charge in [-0.3, -0.25) is 4.79 Å². The van der Waals surface area contributed by atoms with E-state index in [9.17, 15) is 4.79 Å². The van der Waals surface area contributed by atoms with Crippen LogP contribution in [0, 0.1) is 23.7 Å². The average Bonchev–Trinajstić information content (AvgIpc) is 2.62. The zero-order chi connectivity index (χ0) is 12.3. The molecule has 1 aromatic rings. The standard InChI is InChI=1S/C12H16N2O2/c1-9-5-6-10(16-9)7-14(4)11(15)12(2,3)8-13/h5-6H,7H2,1-4H3. The van der Waals surface area contributed by atoms with Gasteiger partial charge in [-0.15, -0.1) is 0 Å². The Hall–Kier alpha value is -1.76. The van der Waals surface area contributed by atoms with Gasteiger partial charge in [0.2, 0.25) is 5.91 Å². The lowest BCUT2D eigenvalue weighted by molar-refractivity contribution is -0.137.